The maximum absolute atomic E-state index is 5.73. The van der Waals surface area contributed by atoms with Gasteiger partial charge in [0, 0.05) is 0 Å². The first-order chi connectivity index (χ1) is 23.6. The van der Waals surface area contributed by atoms with Crippen LogP contribution in [0.2, 0.25) is 0 Å². The Morgan fingerprint density at radius 1 is 0.354 bits per heavy atom. The van der Waals surface area contributed by atoms with Crippen LogP contribution in [0.25, 0.3) is 0 Å². The van der Waals surface area contributed by atoms with E-state index in [0.29, 0.717) is 23.7 Å². The molecule has 0 N–H and O–H groups in total. The van der Waals surface area contributed by atoms with E-state index in [2.05, 4.69) is 38.1 Å². The van der Waals surface area contributed by atoms with Crippen molar-refractivity contribution < 1.29 is 0 Å². The largest absolute Gasteiger partial charge is 0.251 e. The van der Waals surface area contributed by atoms with E-state index in [1.807, 2.05) is 0 Å². The summed E-state index contributed by atoms with van der Waals surface area (Å²) in [5.41, 5.74) is 14.8. The number of hydrogen-bond acceptors (Lipinski definition) is 2. The molecule has 0 atom stereocenters. The van der Waals surface area contributed by atoms with Crippen molar-refractivity contribution in [1.82, 2.24) is 0 Å². The highest BCUT2D eigenvalue weighted by atomic mass is 14.8. The highest BCUT2D eigenvalue weighted by Gasteiger charge is 2.31. The monoisotopic (exact) mass is 645 g/mol. The van der Waals surface area contributed by atoms with Crippen molar-refractivity contribution in [1.29, 1.82) is 0 Å². The Morgan fingerprint density at radius 2 is 0.562 bits per heavy atom. The molecule has 6 aliphatic carbocycles. The van der Waals surface area contributed by atoms with Crippen LogP contribution < -0.4 is 0 Å². The predicted octanol–water partition coefficient (Wildman–Crippen LogP) is 14.5. The molecule has 2 heteroatoms. The lowest BCUT2D eigenvalue weighted by molar-refractivity contribution is 0.680. The van der Waals surface area contributed by atoms with E-state index >= 15 is 0 Å². The van der Waals surface area contributed by atoms with Gasteiger partial charge in [0.2, 0.25) is 0 Å². The zero-order valence-corrected chi connectivity index (χ0v) is 30.6. The Hall–Kier alpha value is -2.22. The SMILES string of the molecule is CC(=Nc1c(C2CCCC2)cc(C2CCCC2)cc1C1CCCC1)C(C)=Nc1c(C2CCCC2)cc(C2CCCC2)cc1C1CCCC1. The summed E-state index contributed by atoms with van der Waals surface area (Å²) >= 11 is 0. The lowest BCUT2D eigenvalue weighted by Crippen LogP contribution is -2.10. The number of aliphatic imine (C=N–C) groups is 2. The summed E-state index contributed by atoms with van der Waals surface area (Å²) in [6, 6.07) is 10.7. The first-order valence-corrected chi connectivity index (χ1v) is 21.1. The van der Waals surface area contributed by atoms with Gasteiger partial charge in [0.05, 0.1) is 22.8 Å². The van der Waals surface area contributed by atoms with Crippen LogP contribution in [0.1, 0.15) is 237 Å². The molecule has 6 fully saturated rings. The fourth-order valence-electron chi connectivity index (χ4n) is 11.3. The third kappa shape index (κ3) is 6.90. The summed E-state index contributed by atoms with van der Waals surface area (Å²) < 4.78 is 0. The Morgan fingerprint density at radius 3 is 0.792 bits per heavy atom. The van der Waals surface area contributed by atoms with E-state index < -0.39 is 0 Å². The lowest BCUT2D eigenvalue weighted by Gasteiger charge is -2.25. The van der Waals surface area contributed by atoms with E-state index in [4.69, 9.17) is 9.98 Å². The Labute approximate surface area is 293 Å². The topological polar surface area (TPSA) is 24.7 Å². The van der Waals surface area contributed by atoms with Crippen molar-refractivity contribution in [2.45, 2.75) is 203 Å². The normalized spacial score (nSPS) is 24.7. The molecular formula is C46H64N2. The molecule has 0 radical (unpaired) electrons. The second-order valence-electron chi connectivity index (χ2n) is 17.4. The third-order valence-corrected chi connectivity index (χ3v) is 14.3. The molecule has 2 aromatic carbocycles. The van der Waals surface area contributed by atoms with Gasteiger partial charge in [0.15, 0.2) is 0 Å². The Bertz CT molecular complexity index is 1290. The van der Waals surface area contributed by atoms with Crippen LogP contribution >= 0.6 is 0 Å². The third-order valence-electron chi connectivity index (χ3n) is 14.3. The van der Waals surface area contributed by atoms with Gasteiger partial charge < -0.3 is 0 Å². The van der Waals surface area contributed by atoms with Gasteiger partial charge in [-0.25, -0.2) is 0 Å². The number of benzene rings is 2. The zero-order valence-electron chi connectivity index (χ0n) is 30.6. The molecule has 0 spiro atoms. The van der Waals surface area contributed by atoms with Gasteiger partial charge >= 0.3 is 0 Å². The van der Waals surface area contributed by atoms with Crippen LogP contribution in [0.15, 0.2) is 34.3 Å². The van der Waals surface area contributed by atoms with E-state index in [1.165, 1.54) is 165 Å². The molecule has 0 aromatic heterocycles. The summed E-state index contributed by atoms with van der Waals surface area (Å²) in [5.74, 6) is 4.26. The summed E-state index contributed by atoms with van der Waals surface area (Å²) in [6.45, 7) is 4.58. The molecule has 0 heterocycles. The molecule has 0 bridgehead atoms. The van der Waals surface area contributed by atoms with Gasteiger partial charge in [-0.2, -0.15) is 0 Å². The number of rotatable bonds is 9. The van der Waals surface area contributed by atoms with Gasteiger partial charge in [-0.1, -0.05) is 101 Å². The van der Waals surface area contributed by atoms with Gasteiger partial charge in [-0.15, -0.1) is 0 Å². The molecule has 8 rings (SSSR count). The van der Waals surface area contributed by atoms with E-state index in [-0.39, 0.29) is 0 Å². The molecular weight excluding hydrogens is 581 g/mol. The Balaban J connectivity index is 1.23. The van der Waals surface area contributed by atoms with E-state index in [9.17, 15) is 0 Å². The van der Waals surface area contributed by atoms with Gasteiger partial charge in [-0.3, -0.25) is 9.98 Å². The standard InChI is InChI=1S/C46H64N2/c1-31(47-45-41(35-19-7-8-20-35)27-39(33-15-3-4-16-33)28-42(45)36-21-9-10-22-36)32(2)48-46-43(37-23-11-12-24-37)29-40(34-17-5-6-18-34)30-44(46)38-25-13-14-26-38/h27-30,33-38H,3-26H2,1-2H3. The zero-order chi connectivity index (χ0) is 32.5. The second kappa shape index (κ2) is 14.9. The van der Waals surface area contributed by atoms with Gasteiger partial charge in [0.1, 0.15) is 0 Å². The van der Waals surface area contributed by atoms with Crippen molar-refractivity contribution >= 4 is 22.8 Å². The average molecular weight is 645 g/mol. The van der Waals surface area contributed by atoms with Crippen LogP contribution in [-0.4, -0.2) is 11.4 Å². The van der Waals surface area contributed by atoms with Crippen LogP contribution in [0.5, 0.6) is 0 Å². The summed E-state index contributed by atoms with van der Waals surface area (Å²) in [6.07, 6.45) is 32.9. The average Bonchev–Trinajstić information content (AvgIpc) is 3.97. The molecule has 0 amide bonds. The van der Waals surface area contributed by atoms with Crippen molar-refractivity contribution in [2.24, 2.45) is 9.98 Å². The Kier molecular flexibility index (Phi) is 10.3. The lowest BCUT2D eigenvalue weighted by atomic mass is 9.83. The van der Waals surface area contributed by atoms with E-state index in [0.717, 1.165) is 23.3 Å². The minimum absolute atomic E-state index is 0.682. The van der Waals surface area contributed by atoms with Crippen molar-refractivity contribution in [3.63, 3.8) is 0 Å². The quantitative estimate of drug-likeness (QED) is 0.243. The summed E-state index contributed by atoms with van der Waals surface area (Å²) in [7, 11) is 0. The van der Waals surface area contributed by atoms with Crippen molar-refractivity contribution in [2.75, 3.05) is 0 Å². The first-order valence-electron chi connectivity index (χ1n) is 21.1. The molecule has 0 saturated heterocycles. The van der Waals surface area contributed by atoms with Crippen LogP contribution in [0, 0.1) is 0 Å². The van der Waals surface area contributed by atoms with Crippen LogP contribution in [0.3, 0.4) is 0 Å². The first kappa shape index (κ1) is 33.0. The number of nitrogens with zero attached hydrogens (tertiary/aromatic N) is 2. The number of hydrogen-bond donors (Lipinski definition) is 0. The maximum atomic E-state index is 5.73. The van der Waals surface area contributed by atoms with Crippen LogP contribution in [-0.2, 0) is 0 Å². The molecule has 6 aliphatic rings. The highest BCUT2D eigenvalue weighted by molar-refractivity contribution is 6.41. The van der Waals surface area contributed by atoms with Crippen LogP contribution in [0.4, 0.5) is 11.4 Å². The molecule has 258 valence electrons. The minimum Gasteiger partial charge on any atom is -0.251 e. The van der Waals surface area contributed by atoms with Crippen molar-refractivity contribution in [3.8, 4) is 0 Å². The smallest absolute Gasteiger partial charge is 0.0703 e. The highest BCUT2D eigenvalue weighted by Crippen LogP contribution is 2.50. The molecule has 48 heavy (non-hydrogen) atoms. The summed E-state index contributed by atoms with van der Waals surface area (Å²) in [5, 5.41) is 0. The summed E-state index contributed by atoms with van der Waals surface area (Å²) in [4.78, 5) is 11.5. The van der Waals surface area contributed by atoms with Gasteiger partial charge in [-0.05, 0) is 160 Å². The van der Waals surface area contributed by atoms with Gasteiger partial charge in [0.25, 0.3) is 0 Å². The predicted molar refractivity (Wildman–Crippen MR) is 206 cm³/mol. The van der Waals surface area contributed by atoms with Crippen molar-refractivity contribution in [3.05, 3.63) is 57.6 Å². The fourth-order valence-corrected chi connectivity index (χ4v) is 11.3. The second-order valence-corrected chi connectivity index (χ2v) is 17.4. The van der Waals surface area contributed by atoms with E-state index in [1.54, 1.807) is 33.4 Å². The molecule has 2 nitrogen and oxygen atoms in total. The minimum atomic E-state index is 0.682. The molecule has 6 saturated carbocycles. The maximum Gasteiger partial charge on any atom is 0.0703 e. The molecule has 2 aromatic rings. The molecule has 0 aliphatic heterocycles. The molecule has 0 unspecified atom stereocenters. The fraction of sp³-hybridized carbons (Fsp3) is 0.696.